The standard InChI is InChI=1S/C56H82N12O16/c1-67-14-16-68(17-15-67)43-35-45(53-48(36-43)65-55(66-53)42-4-7-46-47(34-42)64-54(63-46)41-2-5-44(69)6-3-41)56(74)62-13-23-80-29-33-84-40-52(73)61-12-22-79-28-32-83-39-51(72)60-11-21-78-27-31-82-38-50(71)59-10-20-77-26-30-81-37-49(70)58-9-19-76-25-24-75-18-8-57/h2-7,34-36,69H,8-33,37-40,57H2,1H3,(H,58,70)(H,59,71)(H,60,72)(H,61,73)(H,62,74)(H,63,64)(H,65,66). The highest BCUT2D eigenvalue weighted by Crippen LogP contribution is 2.31. The first-order valence-electron chi connectivity index (χ1n) is 28.2. The highest BCUT2D eigenvalue weighted by molar-refractivity contribution is 6.07. The van der Waals surface area contributed by atoms with Crippen molar-refractivity contribution >= 4 is 57.3 Å². The van der Waals surface area contributed by atoms with E-state index < -0.39 is 0 Å². The number of likely N-dealkylation sites (N-methyl/N-ethyl adjacent to an activating group) is 1. The number of imidazole rings is 2. The topological polar surface area (TPSA) is 348 Å². The van der Waals surface area contributed by atoms with Gasteiger partial charge in [0.05, 0.1) is 128 Å². The molecule has 462 valence electrons. The summed E-state index contributed by atoms with van der Waals surface area (Å²) in [6.07, 6.45) is 0. The van der Waals surface area contributed by atoms with Gasteiger partial charge < -0.3 is 105 Å². The number of carbonyl (C=O) groups excluding carboxylic acids is 5. The molecule has 28 nitrogen and oxygen atoms in total. The summed E-state index contributed by atoms with van der Waals surface area (Å²) < 4.78 is 53.8. The number of carbonyl (C=O) groups is 5. The van der Waals surface area contributed by atoms with Gasteiger partial charge in [0.1, 0.15) is 49.3 Å². The highest BCUT2D eigenvalue weighted by atomic mass is 16.5. The van der Waals surface area contributed by atoms with Crippen LogP contribution in [0.5, 0.6) is 5.75 Å². The molecule has 28 heteroatoms. The van der Waals surface area contributed by atoms with Gasteiger partial charge in [0.15, 0.2) is 0 Å². The Labute approximate surface area is 487 Å². The van der Waals surface area contributed by atoms with Gasteiger partial charge in [-0.05, 0) is 61.6 Å². The van der Waals surface area contributed by atoms with E-state index in [1.54, 1.807) is 24.3 Å². The Balaban J connectivity index is 0.713. The number of rotatable bonds is 44. The van der Waals surface area contributed by atoms with Crippen LogP contribution >= 0.6 is 0 Å². The molecule has 2 aromatic heterocycles. The van der Waals surface area contributed by atoms with E-state index in [1.807, 2.05) is 30.3 Å². The van der Waals surface area contributed by atoms with Gasteiger partial charge in [0.2, 0.25) is 23.6 Å². The molecule has 1 aliphatic heterocycles. The summed E-state index contributed by atoms with van der Waals surface area (Å²) in [5, 5.41) is 23.4. The number of nitrogens with one attached hydrogen (secondary N) is 7. The minimum atomic E-state index is -0.316. The van der Waals surface area contributed by atoms with E-state index in [1.165, 1.54) is 0 Å². The molecule has 5 aromatic rings. The maximum absolute atomic E-state index is 13.8. The number of phenolic OH excluding ortho intramolecular Hbond substituents is 1. The smallest absolute Gasteiger partial charge is 0.253 e. The fraction of sp³-hybridized carbons (Fsp3) is 0.554. The number of nitrogens with two attached hydrogens (primary N) is 1. The third-order valence-corrected chi connectivity index (χ3v) is 12.4. The van der Waals surface area contributed by atoms with Gasteiger partial charge in [-0.1, -0.05) is 0 Å². The Kier molecular flexibility index (Phi) is 30.6. The molecule has 3 aromatic carbocycles. The molecular formula is C56H82N12O16. The number of aromatic hydroxyl groups is 1. The lowest BCUT2D eigenvalue weighted by Crippen LogP contribution is -2.44. The van der Waals surface area contributed by atoms with Crippen molar-refractivity contribution in [2.75, 3.05) is 210 Å². The molecule has 0 saturated carbocycles. The largest absolute Gasteiger partial charge is 0.508 e. The van der Waals surface area contributed by atoms with Crippen molar-refractivity contribution in [3.8, 4) is 28.5 Å². The van der Waals surface area contributed by atoms with Crippen molar-refractivity contribution in [3.63, 3.8) is 0 Å². The van der Waals surface area contributed by atoms with E-state index >= 15 is 0 Å². The quantitative estimate of drug-likeness (QED) is 0.0223. The molecule has 3 heterocycles. The normalized spacial score (nSPS) is 12.7. The molecule has 1 aliphatic rings. The van der Waals surface area contributed by atoms with Gasteiger partial charge in [0, 0.05) is 82.3 Å². The number of ether oxygens (including phenoxy) is 10. The molecule has 0 atom stereocenters. The van der Waals surface area contributed by atoms with Crippen LogP contribution in [0.15, 0.2) is 54.6 Å². The molecule has 84 heavy (non-hydrogen) atoms. The Hall–Kier alpha value is -6.93. The summed E-state index contributed by atoms with van der Waals surface area (Å²) in [4.78, 5) is 82.8. The number of benzene rings is 3. The van der Waals surface area contributed by atoms with Crippen LogP contribution in [-0.2, 0) is 66.5 Å². The third-order valence-electron chi connectivity index (χ3n) is 12.4. The van der Waals surface area contributed by atoms with E-state index in [-0.39, 0.29) is 167 Å². The van der Waals surface area contributed by atoms with E-state index in [0.717, 1.165) is 59.5 Å². The number of aromatic nitrogens is 4. The first-order chi connectivity index (χ1) is 41.1. The molecular weight excluding hydrogens is 1100 g/mol. The number of hydrogen-bond acceptors (Lipinski definition) is 21. The summed E-state index contributed by atoms with van der Waals surface area (Å²) >= 11 is 0. The summed E-state index contributed by atoms with van der Waals surface area (Å²) in [5.74, 6) is -0.00869. The van der Waals surface area contributed by atoms with E-state index in [0.29, 0.717) is 62.2 Å². The number of phenols is 1. The van der Waals surface area contributed by atoms with Crippen LogP contribution in [0.4, 0.5) is 5.69 Å². The van der Waals surface area contributed by atoms with E-state index in [9.17, 15) is 29.1 Å². The maximum atomic E-state index is 13.8. The fourth-order valence-electron chi connectivity index (χ4n) is 8.10. The lowest BCUT2D eigenvalue weighted by atomic mass is 10.1. The number of nitrogens with zero attached hydrogens (tertiary/aromatic N) is 4. The Bertz CT molecular complexity index is 2740. The van der Waals surface area contributed by atoms with Crippen LogP contribution in [0.3, 0.4) is 0 Å². The predicted octanol–water partition coefficient (Wildman–Crippen LogP) is -0.450. The third kappa shape index (κ3) is 25.1. The van der Waals surface area contributed by atoms with Crippen LogP contribution in [-0.4, -0.2) is 264 Å². The number of fused-ring (bicyclic) bond motifs is 2. The Morgan fingerprint density at radius 3 is 1.38 bits per heavy atom. The van der Waals surface area contributed by atoms with Crippen molar-refractivity contribution in [2.24, 2.45) is 5.73 Å². The first kappa shape index (κ1) is 66.2. The van der Waals surface area contributed by atoms with Gasteiger partial charge >= 0.3 is 0 Å². The number of H-pyrrole nitrogens is 2. The highest BCUT2D eigenvalue weighted by Gasteiger charge is 2.22. The predicted molar refractivity (Wildman–Crippen MR) is 310 cm³/mol. The average molecular weight is 1180 g/mol. The van der Waals surface area contributed by atoms with Crippen LogP contribution in [0.2, 0.25) is 0 Å². The zero-order valence-corrected chi connectivity index (χ0v) is 47.8. The summed E-state index contributed by atoms with van der Waals surface area (Å²) in [5.41, 5.74) is 11.3. The summed E-state index contributed by atoms with van der Waals surface area (Å²) in [6, 6.07) is 16.6. The molecule has 0 bridgehead atoms. The molecule has 0 spiro atoms. The van der Waals surface area contributed by atoms with Crippen molar-refractivity contribution in [1.29, 1.82) is 0 Å². The number of hydrogen-bond donors (Lipinski definition) is 9. The van der Waals surface area contributed by atoms with Crippen molar-refractivity contribution in [1.82, 2.24) is 51.4 Å². The second kappa shape index (κ2) is 38.8. The summed E-state index contributed by atoms with van der Waals surface area (Å²) in [6.45, 7) is 9.22. The Morgan fingerprint density at radius 2 is 0.905 bits per heavy atom. The lowest BCUT2D eigenvalue weighted by Gasteiger charge is -2.34. The first-order valence-corrected chi connectivity index (χ1v) is 28.2. The molecule has 10 N–H and O–H groups in total. The van der Waals surface area contributed by atoms with E-state index in [4.69, 9.17) is 63.1 Å². The van der Waals surface area contributed by atoms with Gasteiger partial charge in [-0.15, -0.1) is 0 Å². The van der Waals surface area contributed by atoms with Crippen LogP contribution in [0.25, 0.3) is 44.8 Å². The molecule has 0 unspecified atom stereocenters. The number of piperazine rings is 1. The minimum Gasteiger partial charge on any atom is -0.508 e. The lowest BCUT2D eigenvalue weighted by molar-refractivity contribution is -0.128. The molecule has 0 radical (unpaired) electrons. The minimum absolute atomic E-state index is 0.0959. The monoisotopic (exact) mass is 1180 g/mol. The second-order valence-corrected chi connectivity index (χ2v) is 19.0. The molecule has 0 aliphatic carbocycles. The summed E-state index contributed by atoms with van der Waals surface area (Å²) in [7, 11) is 2.10. The zero-order valence-electron chi connectivity index (χ0n) is 47.8. The average Bonchev–Trinajstić information content (AvgIpc) is 3.28. The van der Waals surface area contributed by atoms with Crippen LogP contribution < -0.4 is 37.2 Å². The van der Waals surface area contributed by atoms with Gasteiger partial charge in [-0.3, -0.25) is 24.0 Å². The van der Waals surface area contributed by atoms with Crippen LogP contribution in [0, 0.1) is 0 Å². The zero-order chi connectivity index (χ0) is 59.4. The fourth-order valence-corrected chi connectivity index (χ4v) is 8.10. The maximum Gasteiger partial charge on any atom is 0.253 e. The number of anilines is 1. The van der Waals surface area contributed by atoms with E-state index in [2.05, 4.69) is 53.4 Å². The number of aromatic amines is 2. The Morgan fingerprint density at radius 1 is 0.488 bits per heavy atom. The van der Waals surface area contributed by atoms with Gasteiger partial charge in [0.25, 0.3) is 5.91 Å². The molecule has 6 rings (SSSR count). The van der Waals surface area contributed by atoms with Crippen molar-refractivity contribution < 1.29 is 76.4 Å². The van der Waals surface area contributed by atoms with Crippen LogP contribution in [0.1, 0.15) is 10.4 Å². The van der Waals surface area contributed by atoms with Gasteiger partial charge in [-0.25, -0.2) is 9.97 Å². The second-order valence-electron chi connectivity index (χ2n) is 19.0. The van der Waals surface area contributed by atoms with Crippen molar-refractivity contribution in [2.45, 2.75) is 0 Å². The number of amides is 5. The SMILES string of the molecule is CN1CCN(c2cc(C(=O)NCCOCCOCC(=O)NCCOCCOCC(=O)NCCOCCOCC(=O)NCCOCCOCC(=O)NCCOCCOCCN)c3nc(-c4ccc5nc(-c6ccc(O)cc6)[nH]c5c4)[nH]c3c2)CC1. The van der Waals surface area contributed by atoms with Crippen molar-refractivity contribution in [3.05, 3.63) is 60.2 Å². The molecule has 1 fully saturated rings. The van der Waals surface area contributed by atoms with Gasteiger partial charge in [-0.2, -0.15) is 0 Å². The molecule has 1 saturated heterocycles. The molecule has 5 amide bonds.